The quantitative estimate of drug-likeness (QED) is 0.428. The maximum Gasteiger partial charge on any atom is 2.00 e. The first-order valence-corrected chi connectivity index (χ1v) is 4.35. The number of thiophene rings is 1. The molecule has 0 spiro atoms. The third-order valence-electron chi connectivity index (χ3n) is 1.21. The Hall–Kier alpha value is 0.906. The zero-order valence-corrected chi connectivity index (χ0v) is 10.8. The van der Waals surface area contributed by atoms with Gasteiger partial charge < -0.3 is 33.1 Å². The van der Waals surface area contributed by atoms with Crippen LogP contribution in [0, 0.1) is 5.38 Å². The Labute approximate surface area is 104 Å². The molecule has 0 unspecified atom stereocenters. The van der Waals surface area contributed by atoms with Crippen molar-refractivity contribution in [3.8, 4) is 0 Å². The molecule has 0 saturated carbocycles. The molecule has 1 aromatic heterocycles. The monoisotopic (exact) mass is 258 g/mol. The van der Waals surface area contributed by atoms with E-state index in [1.54, 1.807) is 11.3 Å². The minimum atomic E-state index is 0. The van der Waals surface area contributed by atoms with Crippen molar-refractivity contribution in [2.45, 2.75) is 12.8 Å². The van der Waals surface area contributed by atoms with Crippen molar-refractivity contribution in [3.05, 3.63) is 22.9 Å². The van der Waals surface area contributed by atoms with E-state index in [0.717, 1.165) is 13.2 Å². The van der Waals surface area contributed by atoms with Gasteiger partial charge in [-0.3, -0.25) is 0 Å². The molecule has 64 valence electrons. The topological polar surface area (TPSA) is 9.23 Å². The fraction of sp³-hybridized carbons (Fsp3) is 0.500. The maximum atomic E-state index is 4.94. The molecule has 1 aliphatic heterocycles. The summed E-state index contributed by atoms with van der Waals surface area (Å²) in [6.45, 7) is 2.00. The number of halogens is 1. The van der Waals surface area contributed by atoms with Gasteiger partial charge in [0.2, 0.25) is 0 Å². The molecule has 1 saturated heterocycles. The van der Waals surface area contributed by atoms with Gasteiger partial charge in [0.25, 0.3) is 0 Å². The van der Waals surface area contributed by atoms with Gasteiger partial charge in [-0.05, 0) is 12.8 Å². The molecule has 0 aliphatic carbocycles. The summed E-state index contributed by atoms with van der Waals surface area (Å²) in [5, 5.41) is 4.89. The van der Waals surface area contributed by atoms with Crippen LogP contribution in [0.5, 0.6) is 0 Å². The average molecular weight is 259 g/mol. The minimum Gasteiger partial charge on any atom is -1.00 e. The van der Waals surface area contributed by atoms with Crippen molar-refractivity contribution in [2.75, 3.05) is 13.2 Å². The van der Waals surface area contributed by atoms with Crippen LogP contribution in [0.1, 0.15) is 12.8 Å². The van der Waals surface area contributed by atoms with E-state index in [4.69, 9.17) is 4.74 Å². The van der Waals surface area contributed by atoms with Gasteiger partial charge in [0, 0.05) is 13.2 Å². The summed E-state index contributed by atoms with van der Waals surface area (Å²) < 4.78 is 4.94. The van der Waals surface area contributed by atoms with Crippen LogP contribution in [-0.2, 0) is 4.74 Å². The summed E-state index contributed by atoms with van der Waals surface area (Å²) in [5.74, 6) is 0. The van der Waals surface area contributed by atoms with Gasteiger partial charge >= 0.3 is 23.1 Å². The number of hydrogen-bond acceptors (Lipinski definition) is 2. The van der Waals surface area contributed by atoms with Crippen molar-refractivity contribution >= 4 is 34.4 Å². The summed E-state index contributed by atoms with van der Waals surface area (Å²) in [5.41, 5.74) is 0. The molecule has 1 fully saturated rings. The van der Waals surface area contributed by atoms with Crippen LogP contribution in [0.4, 0.5) is 0 Å². The van der Waals surface area contributed by atoms with Crippen LogP contribution < -0.4 is 17.0 Å². The zero-order chi connectivity index (χ0) is 7.07. The molecule has 4 heteroatoms. The van der Waals surface area contributed by atoms with Crippen LogP contribution in [0.3, 0.4) is 0 Å². The molecule has 1 aromatic rings. The Kier molecular flexibility index (Phi) is 15.3. The van der Waals surface area contributed by atoms with E-state index in [-0.39, 0.29) is 40.0 Å². The summed E-state index contributed by atoms with van der Waals surface area (Å²) in [7, 11) is 0. The molecule has 1 aliphatic rings. The van der Waals surface area contributed by atoms with Crippen LogP contribution in [-0.4, -0.2) is 36.3 Å². The van der Waals surface area contributed by atoms with E-state index >= 15 is 0 Å². The molecule has 0 atom stereocenters. The molecule has 0 radical (unpaired) electrons. The van der Waals surface area contributed by atoms with Gasteiger partial charge in [0.05, 0.1) is 0 Å². The van der Waals surface area contributed by atoms with Crippen molar-refractivity contribution in [3.63, 3.8) is 0 Å². The van der Waals surface area contributed by atoms with E-state index < -0.39 is 0 Å². The predicted octanol–water partition coefficient (Wildman–Crippen LogP) is -1.03. The van der Waals surface area contributed by atoms with Gasteiger partial charge in [-0.2, -0.15) is 11.4 Å². The third kappa shape index (κ3) is 9.00. The van der Waals surface area contributed by atoms with Crippen LogP contribution >= 0.6 is 11.3 Å². The van der Waals surface area contributed by atoms with Gasteiger partial charge in [-0.25, -0.2) is 6.07 Å². The second-order valence-electron chi connectivity index (χ2n) is 2.05. The van der Waals surface area contributed by atoms with Crippen molar-refractivity contribution < 1.29 is 21.7 Å². The SMILES string of the molecule is C1CCOC1.[Br-].[Mg+2].[c-]1cccs1. The molecule has 0 N–H and O–H groups in total. The second-order valence-corrected chi connectivity index (χ2v) is 2.79. The summed E-state index contributed by atoms with van der Waals surface area (Å²) in [6, 6.07) is 3.86. The number of hydrogen-bond donors (Lipinski definition) is 0. The average Bonchev–Trinajstić information content (AvgIpc) is 2.67. The largest absolute Gasteiger partial charge is 2.00 e. The second kappa shape index (κ2) is 11.9. The van der Waals surface area contributed by atoms with E-state index in [2.05, 4.69) is 5.38 Å². The van der Waals surface area contributed by atoms with Gasteiger partial charge in [0.15, 0.2) is 0 Å². The first-order valence-electron chi connectivity index (χ1n) is 3.47. The number of ether oxygens (including phenoxy) is 1. The standard InChI is InChI=1S/C4H8O.C4H3S.BrH.Mg/c2*1-2-4-5-3-1;;/h1-4H2;1-3H;1H;/q;-1;;+2/p-1. The van der Waals surface area contributed by atoms with Gasteiger partial charge in [0.1, 0.15) is 0 Å². The van der Waals surface area contributed by atoms with Crippen LogP contribution in [0.25, 0.3) is 0 Å². The molecule has 2 heterocycles. The predicted molar refractivity (Wildman–Crippen MR) is 49.0 cm³/mol. The molecule has 0 amide bonds. The van der Waals surface area contributed by atoms with Crippen LogP contribution in [0.15, 0.2) is 17.5 Å². The van der Waals surface area contributed by atoms with Crippen molar-refractivity contribution in [1.29, 1.82) is 0 Å². The van der Waals surface area contributed by atoms with Gasteiger partial charge in [-0.15, -0.1) is 5.38 Å². The molecule has 0 aromatic carbocycles. The summed E-state index contributed by atoms with van der Waals surface area (Å²) >= 11 is 1.59. The Morgan fingerprint density at radius 2 is 1.92 bits per heavy atom. The zero-order valence-electron chi connectivity index (χ0n) is 6.96. The Bertz CT molecular complexity index is 118. The molecular weight excluding hydrogens is 248 g/mol. The fourth-order valence-electron chi connectivity index (χ4n) is 0.707. The molecule has 1 nitrogen and oxygen atoms in total. The van der Waals surface area contributed by atoms with Crippen molar-refractivity contribution in [1.82, 2.24) is 0 Å². The third-order valence-corrected chi connectivity index (χ3v) is 1.77. The summed E-state index contributed by atoms with van der Waals surface area (Å²) in [4.78, 5) is 0. The minimum absolute atomic E-state index is 0. The normalized spacial score (nSPS) is 13.3. The molecule has 12 heavy (non-hydrogen) atoms. The van der Waals surface area contributed by atoms with E-state index in [1.165, 1.54) is 12.8 Å². The van der Waals surface area contributed by atoms with Gasteiger partial charge in [-0.1, -0.05) is 0 Å². The molecule has 2 rings (SSSR count). The van der Waals surface area contributed by atoms with Crippen molar-refractivity contribution in [2.24, 2.45) is 0 Å². The first-order chi connectivity index (χ1) is 5.00. The Morgan fingerprint density at radius 1 is 1.25 bits per heavy atom. The smallest absolute Gasteiger partial charge is 1.00 e. The molecule has 0 bridgehead atoms. The summed E-state index contributed by atoms with van der Waals surface area (Å²) in [6.07, 6.45) is 2.56. The van der Waals surface area contributed by atoms with E-state index in [0.29, 0.717) is 0 Å². The maximum absolute atomic E-state index is 4.94. The Morgan fingerprint density at radius 3 is 2.08 bits per heavy atom. The first kappa shape index (κ1) is 15.4. The fourth-order valence-corrected chi connectivity index (χ4v) is 1.10. The number of rotatable bonds is 0. The molecular formula is C8H11BrMgOS. The van der Waals surface area contributed by atoms with E-state index in [1.807, 2.05) is 17.5 Å². The van der Waals surface area contributed by atoms with Crippen LogP contribution in [0.2, 0.25) is 0 Å². The van der Waals surface area contributed by atoms with E-state index in [9.17, 15) is 0 Å². The Balaban J connectivity index is 0.